The summed E-state index contributed by atoms with van der Waals surface area (Å²) in [5.41, 5.74) is 8.15. The first kappa shape index (κ1) is 21.1. The van der Waals surface area contributed by atoms with Crippen molar-refractivity contribution in [1.29, 1.82) is 0 Å². The molecule has 0 fully saturated rings. The fraction of sp³-hybridized carbons (Fsp3) is 0.389. The zero-order valence-electron chi connectivity index (χ0n) is 16.4. The zero-order chi connectivity index (χ0) is 20.7. The van der Waals surface area contributed by atoms with Crippen LogP contribution in [0.2, 0.25) is 0 Å². The maximum atomic E-state index is 14.5. The van der Waals surface area contributed by atoms with E-state index >= 15 is 0 Å². The Hall–Kier alpha value is -3.17. The van der Waals surface area contributed by atoms with Gasteiger partial charge < -0.3 is 11.1 Å². The van der Waals surface area contributed by atoms with E-state index in [4.69, 9.17) is 5.73 Å². The van der Waals surface area contributed by atoms with Crippen LogP contribution in [0.4, 0.5) is 26.2 Å². The molecule has 3 aromatic rings. The fourth-order valence-electron chi connectivity index (χ4n) is 2.53. The number of rotatable bonds is 5. The van der Waals surface area contributed by atoms with Crippen LogP contribution in [0.25, 0.3) is 16.8 Å². The molecule has 3 rings (SSSR count). The second kappa shape index (κ2) is 9.67. The predicted octanol–water partition coefficient (Wildman–Crippen LogP) is 4.33. The van der Waals surface area contributed by atoms with Gasteiger partial charge in [-0.25, -0.2) is 8.91 Å². The molecule has 0 saturated carbocycles. The number of unbranched alkanes of at least 4 members (excludes halogenated alkanes) is 1. The summed E-state index contributed by atoms with van der Waals surface area (Å²) in [5.74, 6) is 0.0117. The summed E-state index contributed by atoms with van der Waals surface area (Å²) >= 11 is 0. The summed E-state index contributed by atoms with van der Waals surface area (Å²) in [6, 6.07) is 3.43. The highest BCUT2D eigenvalue weighted by atomic mass is 19.1. The van der Waals surface area contributed by atoms with Gasteiger partial charge in [0.2, 0.25) is 5.95 Å². The van der Waals surface area contributed by atoms with Crippen LogP contribution in [-0.2, 0) is 0 Å². The first-order chi connectivity index (χ1) is 13.5. The van der Waals surface area contributed by atoms with Crippen LogP contribution < -0.4 is 11.1 Å². The first-order valence-electron chi connectivity index (χ1n) is 8.82. The quantitative estimate of drug-likeness (QED) is 0.631. The Kier molecular flexibility index (Phi) is 7.30. The van der Waals surface area contributed by atoms with Gasteiger partial charge in [-0.3, -0.25) is 9.37 Å². The lowest BCUT2D eigenvalue weighted by Gasteiger charge is -2.07. The van der Waals surface area contributed by atoms with E-state index in [1.165, 1.54) is 10.7 Å². The van der Waals surface area contributed by atoms with E-state index in [1.54, 1.807) is 33.2 Å². The maximum absolute atomic E-state index is 14.5. The summed E-state index contributed by atoms with van der Waals surface area (Å²) < 4.78 is 26.8. The third-order valence-corrected chi connectivity index (χ3v) is 3.85. The normalized spacial score (nSPS) is 10.9. The van der Waals surface area contributed by atoms with Crippen LogP contribution in [-0.4, -0.2) is 40.4 Å². The molecule has 0 unspecified atom stereocenters. The molecule has 0 spiro atoms. The van der Waals surface area contributed by atoms with E-state index in [-0.39, 0.29) is 12.6 Å². The number of pyridine rings is 1. The van der Waals surface area contributed by atoms with Gasteiger partial charge in [-0.1, -0.05) is 13.3 Å². The Balaban J connectivity index is 0.000000500. The van der Waals surface area contributed by atoms with Gasteiger partial charge in [-0.2, -0.15) is 15.2 Å². The van der Waals surface area contributed by atoms with Gasteiger partial charge in [0.05, 0.1) is 29.8 Å². The lowest BCUT2D eigenvalue weighted by Crippen LogP contribution is -2.05. The molecule has 3 heterocycles. The molecule has 0 radical (unpaired) electrons. The second-order valence-electron chi connectivity index (χ2n) is 5.86. The van der Waals surface area contributed by atoms with Crippen LogP contribution in [0.15, 0.2) is 28.6 Å². The van der Waals surface area contributed by atoms with Gasteiger partial charge in [-0.15, -0.1) is 5.10 Å². The molecule has 0 atom stereocenters. The Morgan fingerprint density at radius 1 is 1.29 bits per heavy atom. The number of nitrogens with zero attached hydrogens (tertiary/aromatic N) is 6. The number of hydrogen-bond donors (Lipinski definition) is 2. The van der Waals surface area contributed by atoms with E-state index in [9.17, 15) is 8.78 Å². The van der Waals surface area contributed by atoms with Crippen molar-refractivity contribution in [3.8, 4) is 11.3 Å². The molecule has 0 aliphatic carbocycles. The Morgan fingerprint density at radius 2 is 2.04 bits per heavy atom. The Bertz CT molecular complexity index is 966. The highest BCUT2D eigenvalue weighted by molar-refractivity contribution is 5.88. The van der Waals surface area contributed by atoms with Crippen molar-refractivity contribution in [2.45, 2.75) is 26.7 Å². The molecule has 8 nitrogen and oxygen atoms in total. The van der Waals surface area contributed by atoms with Crippen molar-refractivity contribution in [3.63, 3.8) is 0 Å². The molecular formula is C18H24F2N8. The predicted molar refractivity (Wildman–Crippen MR) is 106 cm³/mol. The van der Waals surface area contributed by atoms with Gasteiger partial charge in [-0.05, 0) is 25.5 Å². The molecule has 10 heteroatoms. The number of nitrogen functional groups attached to an aromatic ring is 1. The standard InChI is InChI=1S/C14H15FN8.C4H9F/c1-7-9(21-18-3)4-5-10(19-7)11-8(15)6-23-12(11)13(17-2)20-14(16)22-23;1-2-3-4-5/h4-6H,1-3H3,(H3,16,17,20,22);2-4H2,1H3. The van der Waals surface area contributed by atoms with Gasteiger partial charge >= 0.3 is 0 Å². The van der Waals surface area contributed by atoms with Gasteiger partial charge in [0.1, 0.15) is 11.2 Å². The Labute approximate surface area is 161 Å². The van der Waals surface area contributed by atoms with Gasteiger partial charge in [0.15, 0.2) is 11.6 Å². The maximum Gasteiger partial charge on any atom is 0.240 e. The minimum Gasteiger partial charge on any atom is -0.371 e. The number of azo groups is 1. The van der Waals surface area contributed by atoms with Gasteiger partial charge in [0, 0.05) is 14.1 Å². The molecular weight excluding hydrogens is 366 g/mol. The number of aromatic nitrogens is 4. The molecule has 3 aromatic heterocycles. The van der Waals surface area contributed by atoms with Crippen molar-refractivity contribution in [2.24, 2.45) is 10.2 Å². The summed E-state index contributed by atoms with van der Waals surface area (Å²) in [6.07, 6.45) is 2.94. The second-order valence-corrected chi connectivity index (χ2v) is 5.86. The summed E-state index contributed by atoms with van der Waals surface area (Å²) in [7, 11) is 3.26. The third-order valence-electron chi connectivity index (χ3n) is 3.85. The summed E-state index contributed by atoms with van der Waals surface area (Å²) in [6.45, 7) is 3.60. The molecule has 3 N–H and O–H groups in total. The number of halogens is 2. The number of alkyl halides is 1. The lowest BCUT2D eigenvalue weighted by atomic mass is 10.1. The number of fused-ring (bicyclic) bond motifs is 1. The largest absolute Gasteiger partial charge is 0.371 e. The van der Waals surface area contributed by atoms with E-state index in [0.717, 1.165) is 12.8 Å². The number of hydrogen-bond acceptors (Lipinski definition) is 7. The minimum absolute atomic E-state index is 0.0474. The first-order valence-corrected chi connectivity index (χ1v) is 8.82. The zero-order valence-corrected chi connectivity index (χ0v) is 16.4. The van der Waals surface area contributed by atoms with E-state index in [2.05, 4.69) is 30.6 Å². The monoisotopic (exact) mass is 390 g/mol. The molecule has 0 saturated heterocycles. The van der Waals surface area contributed by atoms with Crippen LogP contribution in [0, 0.1) is 12.7 Å². The number of nitrogens with one attached hydrogen (secondary N) is 1. The molecule has 0 aliphatic heterocycles. The van der Waals surface area contributed by atoms with Crippen LogP contribution >= 0.6 is 0 Å². The van der Waals surface area contributed by atoms with Crippen molar-refractivity contribution < 1.29 is 8.78 Å². The summed E-state index contributed by atoms with van der Waals surface area (Å²) in [4.78, 5) is 8.52. The molecule has 150 valence electrons. The third kappa shape index (κ3) is 4.56. The number of nitrogens with two attached hydrogens (primary N) is 1. The van der Waals surface area contributed by atoms with E-state index in [0.29, 0.717) is 34.0 Å². The highest BCUT2D eigenvalue weighted by Gasteiger charge is 2.20. The highest BCUT2D eigenvalue weighted by Crippen LogP contribution is 2.33. The average molecular weight is 390 g/mol. The van der Waals surface area contributed by atoms with Crippen molar-refractivity contribution in [3.05, 3.63) is 29.8 Å². The SMILES string of the molecule is CCCCF.CN=Nc1ccc(-c2c(F)cn3nc(N)nc(NC)c23)nc1C. The van der Waals surface area contributed by atoms with Crippen LogP contribution in [0.3, 0.4) is 0 Å². The fourth-order valence-corrected chi connectivity index (χ4v) is 2.53. The molecule has 0 aliphatic rings. The minimum atomic E-state index is -0.460. The molecule has 28 heavy (non-hydrogen) atoms. The van der Waals surface area contributed by atoms with Crippen molar-refractivity contribution in [2.75, 3.05) is 31.8 Å². The summed E-state index contributed by atoms with van der Waals surface area (Å²) in [5, 5.41) is 14.6. The smallest absolute Gasteiger partial charge is 0.240 e. The van der Waals surface area contributed by atoms with Crippen molar-refractivity contribution in [1.82, 2.24) is 19.6 Å². The number of aryl methyl sites for hydroxylation is 1. The van der Waals surface area contributed by atoms with Gasteiger partial charge in [0.25, 0.3) is 0 Å². The van der Waals surface area contributed by atoms with Crippen LogP contribution in [0.5, 0.6) is 0 Å². The van der Waals surface area contributed by atoms with E-state index in [1.807, 2.05) is 6.92 Å². The Morgan fingerprint density at radius 3 is 2.57 bits per heavy atom. The molecule has 0 aromatic carbocycles. The molecule has 0 bridgehead atoms. The van der Waals surface area contributed by atoms with E-state index < -0.39 is 5.82 Å². The average Bonchev–Trinajstić information content (AvgIpc) is 2.99. The lowest BCUT2D eigenvalue weighted by molar-refractivity contribution is 0.469. The molecule has 0 amide bonds. The van der Waals surface area contributed by atoms with Crippen LogP contribution in [0.1, 0.15) is 25.5 Å². The number of anilines is 2. The topological polar surface area (TPSA) is 106 Å². The van der Waals surface area contributed by atoms with Crippen molar-refractivity contribution >= 4 is 23.0 Å².